The Balaban J connectivity index is 2.22. The largest absolute Gasteiger partial charge is 0.478 e. The summed E-state index contributed by atoms with van der Waals surface area (Å²) in [5, 5.41) is 12.8. The van der Waals surface area contributed by atoms with Crippen molar-refractivity contribution in [2.75, 3.05) is 5.32 Å². The fraction of sp³-hybridized carbons (Fsp3) is 0.417. The molecule has 2 rings (SSSR count). The lowest BCUT2D eigenvalue weighted by Crippen LogP contribution is -2.19. The quantitative estimate of drug-likeness (QED) is 0.848. The standard InChI is InChI=1S/C12H14ClNO2/c1-7(8-2-3-8)14-11-6-9(13)4-5-10(11)12(15)16/h4-8,14H,2-3H2,1H3,(H,15,16). The Morgan fingerprint density at radius 1 is 1.56 bits per heavy atom. The van der Waals surface area contributed by atoms with Crippen molar-refractivity contribution in [3.05, 3.63) is 28.8 Å². The molecule has 0 heterocycles. The van der Waals surface area contributed by atoms with Gasteiger partial charge in [-0.15, -0.1) is 0 Å². The van der Waals surface area contributed by atoms with Gasteiger partial charge in [-0.3, -0.25) is 0 Å². The molecule has 2 N–H and O–H groups in total. The summed E-state index contributed by atoms with van der Waals surface area (Å²) < 4.78 is 0. The summed E-state index contributed by atoms with van der Waals surface area (Å²) in [5.74, 6) is -0.261. The Bertz CT molecular complexity index is 415. The number of nitrogens with one attached hydrogen (secondary N) is 1. The molecule has 0 radical (unpaired) electrons. The predicted octanol–water partition coefficient (Wildman–Crippen LogP) is 3.25. The van der Waals surface area contributed by atoms with Crippen molar-refractivity contribution in [2.24, 2.45) is 5.92 Å². The molecule has 0 aliphatic heterocycles. The second kappa shape index (κ2) is 4.34. The van der Waals surface area contributed by atoms with Crippen LogP contribution in [-0.4, -0.2) is 17.1 Å². The van der Waals surface area contributed by atoms with E-state index in [4.69, 9.17) is 16.7 Å². The Kier molecular flexibility index (Phi) is 3.06. The molecule has 0 saturated heterocycles. The predicted molar refractivity (Wildman–Crippen MR) is 64.2 cm³/mol. The van der Waals surface area contributed by atoms with Gasteiger partial charge in [-0.25, -0.2) is 4.79 Å². The highest BCUT2D eigenvalue weighted by molar-refractivity contribution is 6.31. The fourth-order valence-electron chi connectivity index (χ4n) is 1.78. The third kappa shape index (κ3) is 2.47. The Morgan fingerprint density at radius 3 is 2.81 bits per heavy atom. The minimum Gasteiger partial charge on any atom is -0.478 e. The van der Waals surface area contributed by atoms with Crippen molar-refractivity contribution in [1.82, 2.24) is 0 Å². The lowest BCUT2D eigenvalue weighted by atomic mass is 10.1. The van der Waals surface area contributed by atoms with Gasteiger partial charge in [0.15, 0.2) is 0 Å². The lowest BCUT2D eigenvalue weighted by molar-refractivity contribution is 0.0698. The molecule has 0 aromatic heterocycles. The van der Waals surface area contributed by atoms with Gasteiger partial charge in [-0.05, 0) is 43.9 Å². The van der Waals surface area contributed by atoms with E-state index in [1.165, 1.54) is 18.9 Å². The van der Waals surface area contributed by atoms with Gasteiger partial charge in [-0.2, -0.15) is 0 Å². The van der Waals surface area contributed by atoms with E-state index in [9.17, 15) is 4.79 Å². The van der Waals surface area contributed by atoms with Crippen LogP contribution in [0.4, 0.5) is 5.69 Å². The van der Waals surface area contributed by atoms with Crippen LogP contribution in [0.25, 0.3) is 0 Å². The van der Waals surface area contributed by atoms with Crippen LogP contribution >= 0.6 is 11.6 Å². The van der Waals surface area contributed by atoms with E-state index < -0.39 is 5.97 Å². The molecule has 1 aliphatic carbocycles. The SMILES string of the molecule is CC(Nc1cc(Cl)ccc1C(=O)O)C1CC1. The number of hydrogen-bond acceptors (Lipinski definition) is 2. The van der Waals surface area contributed by atoms with Gasteiger partial charge in [-0.1, -0.05) is 11.6 Å². The molecule has 4 heteroatoms. The molecule has 0 spiro atoms. The highest BCUT2D eigenvalue weighted by Crippen LogP contribution is 2.34. The van der Waals surface area contributed by atoms with Crippen molar-refractivity contribution in [1.29, 1.82) is 0 Å². The van der Waals surface area contributed by atoms with Gasteiger partial charge in [0.1, 0.15) is 0 Å². The maximum Gasteiger partial charge on any atom is 0.337 e. The molecule has 3 nitrogen and oxygen atoms in total. The van der Waals surface area contributed by atoms with E-state index in [0.29, 0.717) is 22.7 Å². The first-order valence-electron chi connectivity index (χ1n) is 5.37. The van der Waals surface area contributed by atoms with E-state index in [-0.39, 0.29) is 5.56 Å². The first kappa shape index (κ1) is 11.3. The van der Waals surface area contributed by atoms with Crippen molar-refractivity contribution < 1.29 is 9.90 Å². The fourth-order valence-corrected chi connectivity index (χ4v) is 1.95. The summed E-state index contributed by atoms with van der Waals surface area (Å²) in [4.78, 5) is 11.0. The number of carboxylic acids is 1. The zero-order chi connectivity index (χ0) is 11.7. The maximum atomic E-state index is 11.0. The van der Waals surface area contributed by atoms with Gasteiger partial charge in [0.2, 0.25) is 0 Å². The summed E-state index contributed by atoms with van der Waals surface area (Å²) in [6.45, 7) is 2.07. The Hall–Kier alpha value is -1.22. The number of halogens is 1. The summed E-state index contributed by atoms with van der Waals surface area (Å²) in [5.41, 5.74) is 0.885. The summed E-state index contributed by atoms with van der Waals surface area (Å²) >= 11 is 5.87. The van der Waals surface area contributed by atoms with Crippen LogP contribution in [-0.2, 0) is 0 Å². The molecular weight excluding hydrogens is 226 g/mol. The normalized spacial score (nSPS) is 16.9. The first-order valence-corrected chi connectivity index (χ1v) is 5.75. The van der Waals surface area contributed by atoms with Gasteiger partial charge < -0.3 is 10.4 Å². The third-order valence-corrected chi connectivity index (χ3v) is 3.16. The van der Waals surface area contributed by atoms with Crippen molar-refractivity contribution >= 4 is 23.3 Å². The second-order valence-electron chi connectivity index (χ2n) is 4.27. The number of rotatable bonds is 4. The smallest absolute Gasteiger partial charge is 0.337 e. The second-order valence-corrected chi connectivity index (χ2v) is 4.70. The third-order valence-electron chi connectivity index (χ3n) is 2.92. The number of aromatic carboxylic acids is 1. The van der Waals surface area contributed by atoms with Gasteiger partial charge >= 0.3 is 5.97 Å². The van der Waals surface area contributed by atoms with Gasteiger partial charge in [0.25, 0.3) is 0 Å². The molecule has 1 aromatic rings. The summed E-state index contributed by atoms with van der Waals surface area (Å²) in [6, 6.07) is 5.10. The molecule has 1 unspecified atom stereocenters. The molecule has 1 saturated carbocycles. The average Bonchev–Trinajstić information content (AvgIpc) is 2.99. The van der Waals surface area contributed by atoms with Gasteiger partial charge in [0.05, 0.1) is 11.3 Å². The highest BCUT2D eigenvalue weighted by Gasteiger charge is 2.28. The minimum absolute atomic E-state index is 0.275. The topological polar surface area (TPSA) is 49.3 Å². The van der Waals surface area contributed by atoms with E-state index in [1.807, 2.05) is 0 Å². The Labute approximate surface area is 99.4 Å². The molecule has 1 atom stereocenters. The zero-order valence-corrected chi connectivity index (χ0v) is 9.79. The van der Waals surface area contributed by atoms with E-state index in [2.05, 4.69) is 12.2 Å². The number of benzene rings is 1. The molecule has 1 aromatic carbocycles. The summed E-state index contributed by atoms with van der Waals surface area (Å²) in [6.07, 6.45) is 2.44. The van der Waals surface area contributed by atoms with Crippen molar-refractivity contribution in [3.63, 3.8) is 0 Å². The average molecular weight is 240 g/mol. The van der Waals surface area contributed by atoms with E-state index in [0.717, 1.165) is 0 Å². The first-order chi connectivity index (χ1) is 7.58. The van der Waals surface area contributed by atoms with Crippen LogP contribution in [0.3, 0.4) is 0 Å². The highest BCUT2D eigenvalue weighted by atomic mass is 35.5. The van der Waals surface area contributed by atoms with E-state index in [1.54, 1.807) is 12.1 Å². The number of anilines is 1. The van der Waals surface area contributed by atoms with Crippen LogP contribution in [0, 0.1) is 5.92 Å². The van der Waals surface area contributed by atoms with Crippen LogP contribution in [0.5, 0.6) is 0 Å². The van der Waals surface area contributed by atoms with E-state index >= 15 is 0 Å². The number of hydrogen-bond donors (Lipinski definition) is 2. The van der Waals surface area contributed by atoms with Crippen LogP contribution in [0.1, 0.15) is 30.1 Å². The Morgan fingerprint density at radius 2 is 2.25 bits per heavy atom. The molecule has 86 valence electrons. The van der Waals surface area contributed by atoms with Crippen molar-refractivity contribution in [3.8, 4) is 0 Å². The summed E-state index contributed by atoms with van der Waals surface area (Å²) in [7, 11) is 0. The van der Waals surface area contributed by atoms with Crippen molar-refractivity contribution in [2.45, 2.75) is 25.8 Å². The van der Waals surface area contributed by atoms with Crippen LogP contribution in [0.2, 0.25) is 5.02 Å². The number of carboxylic acid groups (broad SMARTS) is 1. The number of carbonyl (C=O) groups is 1. The van der Waals surface area contributed by atoms with Crippen LogP contribution in [0.15, 0.2) is 18.2 Å². The maximum absolute atomic E-state index is 11.0. The molecular formula is C12H14ClNO2. The van der Waals surface area contributed by atoms with Crippen LogP contribution < -0.4 is 5.32 Å². The molecule has 16 heavy (non-hydrogen) atoms. The molecule has 0 amide bonds. The zero-order valence-electron chi connectivity index (χ0n) is 9.03. The molecule has 1 aliphatic rings. The minimum atomic E-state index is -0.929. The molecule has 0 bridgehead atoms. The molecule has 1 fully saturated rings. The monoisotopic (exact) mass is 239 g/mol. The lowest BCUT2D eigenvalue weighted by Gasteiger charge is -2.16. The van der Waals surface area contributed by atoms with Gasteiger partial charge in [0, 0.05) is 11.1 Å².